The zero-order valence-electron chi connectivity index (χ0n) is 8.63. The number of benzene rings is 1. The number of halogens is 1. The Morgan fingerprint density at radius 1 is 1.47 bits per heavy atom. The van der Waals surface area contributed by atoms with Crippen LogP contribution in [0.3, 0.4) is 0 Å². The first-order valence-electron chi connectivity index (χ1n) is 4.97. The van der Waals surface area contributed by atoms with Crippen molar-refractivity contribution in [2.45, 2.75) is 12.5 Å². The maximum atomic E-state index is 13.2. The fourth-order valence-electron chi connectivity index (χ4n) is 1.65. The average Bonchev–Trinajstić information content (AvgIpc) is 2.69. The third-order valence-corrected chi connectivity index (χ3v) is 3.57. The zero-order chi connectivity index (χ0) is 10.7. The molecule has 0 spiro atoms. The Hall–Kier alpha value is -0.900. The summed E-state index contributed by atoms with van der Waals surface area (Å²) in [6.45, 7) is 0. The summed E-state index contributed by atoms with van der Waals surface area (Å²) < 4.78 is 18.2. The predicted molar refractivity (Wildman–Crippen MR) is 62.3 cm³/mol. The van der Waals surface area contributed by atoms with Gasteiger partial charge in [0, 0.05) is 29.6 Å². The fraction of sp³-hybridized carbons (Fsp3) is 0.455. The minimum absolute atomic E-state index is 0.262. The van der Waals surface area contributed by atoms with Crippen LogP contribution >= 0.6 is 11.8 Å². The second kappa shape index (κ2) is 4.75. The van der Waals surface area contributed by atoms with Crippen molar-refractivity contribution in [3.8, 4) is 5.75 Å². The SMILES string of the molecule is COc1cc(F)cc(NC2CCSC2)c1. The molecule has 2 nitrogen and oxygen atoms in total. The highest BCUT2D eigenvalue weighted by atomic mass is 32.2. The van der Waals surface area contributed by atoms with E-state index in [4.69, 9.17) is 4.74 Å². The van der Waals surface area contributed by atoms with Crippen LogP contribution in [0, 0.1) is 5.82 Å². The van der Waals surface area contributed by atoms with Gasteiger partial charge >= 0.3 is 0 Å². The second-order valence-corrected chi connectivity index (χ2v) is 4.73. The van der Waals surface area contributed by atoms with Crippen molar-refractivity contribution in [2.24, 2.45) is 0 Å². The molecule has 1 fully saturated rings. The molecule has 0 saturated carbocycles. The van der Waals surface area contributed by atoms with E-state index < -0.39 is 0 Å². The minimum atomic E-state index is -0.262. The third kappa shape index (κ3) is 2.78. The molecule has 1 atom stereocenters. The molecule has 0 amide bonds. The lowest BCUT2D eigenvalue weighted by atomic mass is 10.2. The van der Waals surface area contributed by atoms with Crippen LogP contribution in [0.1, 0.15) is 6.42 Å². The first-order chi connectivity index (χ1) is 7.28. The van der Waals surface area contributed by atoms with E-state index in [1.54, 1.807) is 7.11 Å². The summed E-state index contributed by atoms with van der Waals surface area (Å²) in [6, 6.07) is 5.17. The van der Waals surface area contributed by atoms with Crippen molar-refractivity contribution in [3.05, 3.63) is 24.0 Å². The lowest BCUT2D eigenvalue weighted by molar-refractivity contribution is 0.411. The van der Waals surface area contributed by atoms with E-state index in [2.05, 4.69) is 5.32 Å². The number of hydrogen-bond donors (Lipinski definition) is 1. The smallest absolute Gasteiger partial charge is 0.128 e. The van der Waals surface area contributed by atoms with E-state index >= 15 is 0 Å². The van der Waals surface area contributed by atoms with Crippen LogP contribution in [-0.4, -0.2) is 24.7 Å². The minimum Gasteiger partial charge on any atom is -0.497 e. The van der Waals surface area contributed by atoms with Crippen LogP contribution in [0.5, 0.6) is 5.75 Å². The van der Waals surface area contributed by atoms with Gasteiger partial charge in [0.2, 0.25) is 0 Å². The highest BCUT2D eigenvalue weighted by Gasteiger charge is 2.15. The molecular weight excluding hydrogens is 213 g/mol. The van der Waals surface area contributed by atoms with Gasteiger partial charge in [-0.15, -0.1) is 0 Å². The summed E-state index contributed by atoms with van der Waals surface area (Å²) in [5.41, 5.74) is 0.805. The molecular formula is C11H14FNOS. The van der Waals surface area contributed by atoms with Crippen LogP contribution in [-0.2, 0) is 0 Å². The lowest BCUT2D eigenvalue weighted by Crippen LogP contribution is -2.18. The number of methoxy groups -OCH3 is 1. The highest BCUT2D eigenvalue weighted by Crippen LogP contribution is 2.24. The van der Waals surface area contributed by atoms with Crippen LogP contribution in [0.2, 0.25) is 0 Å². The van der Waals surface area contributed by atoms with Crippen LogP contribution in [0.15, 0.2) is 18.2 Å². The standard InChI is InChI=1S/C11H14FNOS/c1-14-11-5-8(12)4-10(6-11)13-9-2-3-15-7-9/h4-6,9,13H,2-3,7H2,1H3. The summed E-state index contributed by atoms with van der Waals surface area (Å²) in [5.74, 6) is 2.58. The average molecular weight is 227 g/mol. The summed E-state index contributed by atoms with van der Waals surface area (Å²) in [6.07, 6.45) is 1.14. The van der Waals surface area contributed by atoms with Gasteiger partial charge in [0.1, 0.15) is 11.6 Å². The molecule has 0 bridgehead atoms. The van der Waals surface area contributed by atoms with Crippen molar-refractivity contribution in [1.29, 1.82) is 0 Å². The van der Waals surface area contributed by atoms with Crippen LogP contribution in [0.25, 0.3) is 0 Å². The normalized spacial score (nSPS) is 20.3. The zero-order valence-corrected chi connectivity index (χ0v) is 9.44. The Morgan fingerprint density at radius 2 is 2.33 bits per heavy atom. The Labute approximate surface area is 93.2 Å². The van der Waals surface area contributed by atoms with E-state index in [-0.39, 0.29) is 5.82 Å². The quantitative estimate of drug-likeness (QED) is 0.858. The van der Waals surface area contributed by atoms with Gasteiger partial charge in [-0.1, -0.05) is 0 Å². The molecule has 0 aromatic heterocycles. The first kappa shape index (κ1) is 10.6. The molecule has 0 aliphatic carbocycles. The van der Waals surface area contributed by atoms with Crippen molar-refractivity contribution >= 4 is 17.4 Å². The van der Waals surface area contributed by atoms with Crippen LogP contribution < -0.4 is 10.1 Å². The van der Waals surface area contributed by atoms with Crippen molar-refractivity contribution in [3.63, 3.8) is 0 Å². The maximum absolute atomic E-state index is 13.2. The van der Waals surface area contributed by atoms with Gasteiger partial charge in [-0.3, -0.25) is 0 Å². The molecule has 4 heteroatoms. The van der Waals surface area contributed by atoms with Gasteiger partial charge < -0.3 is 10.1 Å². The molecule has 1 aliphatic heterocycles. The second-order valence-electron chi connectivity index (χ2n) is 3.58. The van der Waals surface area contributed by atoms with Gasteiger partial charge in [-0.25, -0.2) is 4.39 Å². The molecule has 15 heavy (non-hydrogen) atoms. The lowest BCUT2D eigenvalue weighted by Gasteiger charge is -2.13. The molecule has 2 rings (SSSR count). The van der Waals surface area contributed by atoms with Crippen LogP contribution in [0.4, 0.5) is 10.1 Å². The summed E-state index contributed by atoms with van der Waals surface area (Å²) in [7, 11) is 1.55. The fourth-order valence-corrected chi connectivity index (χ4v) is 2.80. The van der Waals surface area contributed by atoms with Crippen molar-refractivity contribution in [2.75, 3.05) is 23.9 Å². The molecule has 1 unspecified atom stereocenters. The topological polar surface area (TPSA) is 21.3 Å². The van der Waals surface area contributed by atoms with Crippen molar-refractivity contribution < 1.29 is 9.13 Å². The molecule has 1 aliphatic rings. The number of ether oxygens (including phenoxy) is 1. The molecule has 1 aromatic carbocycles. The molecule has 1 aromatic rings. The Kier molecular flexibility index (Phi) is 3.36. The van der Waals surface area contributed by atoms with E-state index in [1.165, 1.54) is 17.9 Å². The van der Waals surface area contributed by atoms with E-state index in [0.29, 0.717) is 11.8 Å². The molecule has 1 N–H and O–H groups in total. The predicted octanol–water partition coefficient (Wildman–Crippen LogP) is 2.75. The van der Waals surface area contributed by atoms with E-state index in [0.717, 1.165) is 17.9 Å². The molecule has 1 saturated heterocycles. The maximum Gasteiger partial charge on any atom is 0.128 e. The van der Waals surface area contributed by atoms with Crippen molar-refractivity contribution in [1.82, 2.24) is 0 Å². The van der Waals surface area contributed by atoms with E-state index in [1.807, 2.05) is 17.8 Å². The monoisotopic (exact) mass is 227 g/mol. The van der Waals surface area contributed by atoms with Gasteiger partial charge in [0.25, 0.3) is 0 Å². The Balaban J connectivity index is 2.09. The summed E-state index contributed by atoms with van der Waals surface area (Å²) >= 11 is 1.93. The number of rotatable bonds is 3. The molecule has 82 valence electrons. The summed E-state index contributed by atoms with van der Waals surface area (Å²) in [5, 5.41) is 3.32. The number of anilines is 1. The molecule has 1 heterocycles. The Bertz CT molecular complexity index is 339. The molecule has 0 radical (unpaired) electrons. The first-order valence-corrected chi connectivity index (χ1v) is 6.12. The summed E-state index contributed by atoms with van der Waals surface area (Å²) in [4.78, 5) is 0. The van der Waals surface area contributed by atoms with E-state index in [9.17, 15) is 4.39 Å². The van der Waals surface area contributed by atoms with Gasteiger partial charge in [0.15, 0.2) is 0 Å². The highest BCUT2D eigenvalue weighted by molar-refractivity contribution is 7.99. The third-order valence-electron chi connectivity index (χ3n) is 2.41. The Morgan fingerprint density at radius 3 is 3.00 bits per heavy atom. The number of thioether (sulfide) groups is 1. The van der Waals surface area contributed by atoms with Gasteiger partial charge in [0.05, 0.1) is 7.11 Å². The van der Waals surface area contributed by atoms with Gasteiger partial charge in [-0.05, 0) is 18.2 Å². The van der Waals surface area contributed by atoms with Gasteiger partial charge in [-0.2, -0.15) is 11.8 Å². The number of hydrogen-bond acceptors (Lipinski definition) is 3. The number of nitrogens with one attached hydrogen (secondary N) is 1. The largest absolute Gasteiger partial charge is 0.497 e.